The van der Waals surface area contributed by atoms with E-state index in [1.165, 1.54) is 50.9 Å². The molecule has 0 unspecified atom stereocenters. The molecule has 1 aromatic rings. The van der Waals surface area contributed by atoms with Crippen LogP contribution in [0.5, 0.6) is 0 Å². The normalized spacial score (nSPS) is 17.2. The Labute approximate surface area is 122 Å². The molecule has 3 nitrogen and oxygen atoms in total. The Balaban J connectivity index is 1.61. The summed E-state index contributed by atoms with van der Waals surface area (Å²) in [4.78, 5) is 2.57. The van der Waals surface area contributed by atoms with Crippen LogP contribution in [0.1, 0.15) is 37.7 Å². The summed E-state index contributed by atoms with van der Waals surface area (Å²) in [6, 6.07) is 10.9. The number of nitrogens with two attached hydrogens (primary N) is 1. The Morgan fingerprint density at radius 3 is 2.50 bits per heavy atom. The number of hydrogen-bond acceptors (Lipinski definition) is 2. The van der Waals surface area contributed by atoms with Crippen molar-refractivity contribution in [2.45, 2.75) is 38.5 Å². The fraction of sp³-hybridized carbons (Fsp3) is 0.588. The molecule has 0 aliphatic carbocycles. The van der Waals surface area contributed by atoms with Gasteiger partial charge in [-0.15, -0.1) is 0 Å². The van der Waals surface area contributed by atoms with E-state index in [-0.39, 0.29) is 0 Å². The standard InChI is InChI=1S/C17H27N3/c18-17(19)8-4-5-11-20-12-9-16(10-13-20)14-15-6-2-1-3-7-15/h1-3,6-7,16H,4-5,8-14H2,(H3,18,19). The zero-order valence-electron chi connectivity index (χ0n) is 12.4. The van der Waals surface area contributed by atoms with Gasteiger partial charge in [-0.1, -0.05) is 30.3 Å². The SMILES string of the molecule is N=C(N)CCCCN1CCC(Cc2ccccc2)CC1. The van der Waals surface area contributed by atoms with Crippen molar-refractivity contribution in [2.75, 3.05) is 19.6 Å². The van der Waals surface area contributed by atoms with Crippen LogP contribution in [0.25, 0.3) is 0 Å². The summed E-state index contributed by atoms with van der Waals surface area (Å²) in [5, 5.41) is 7.21. The van der Waals surface area contributed by atoms with Gasteiger partial charge < -0.3 is 10.6 Å². The number of nitrogens with one attached hydrogen (secondary N) is 1. The monoisotopic (exact) mass is 273 g/mol. The first-order valence-corrected chi connectivity index (χ1v) is 7.83. The van der Waals surface area contributed by atoms with Crippen LogP contribution < -0.4 is 5.73 Å². The lowest BCUT2D eigenvalue weighted by atomic mass is 9.90. The molecule has 3 N–H and O–H groups in total. The Kier molecular flexibility index (Phi) is 6.06. The minimum Gasteiger partial charge on any atom is -0.388 e. The van der Waals surface area contributed by atoms with Gasteiger partial charge >= 0.3 is 0 Å². The molecular formula is C17H27N3. The van der Waals surface area contributed by atoms with Crippen molar-refractivity contribution >= 4 is 5.84 Å². The van der Waals surface area contributed by atoms with Gasteiger partial charge in [0.15, 0.2) is 0 Å². The van der Waals surface area contributed by atoms with Crippen molar-refractivity contribution in [3.63, 3.8) is 0 Å². The second-order valence-corrected chi connectivity index (χ2v) is 5.96. The minimum atomic E-state index is 0.326. The van der Waals surface area contributed by atoms with Gasteiger partial charge in [0.1, 0.15) is 0 Å². The molecule has 0 atom stereocenters. The quantitative estimate of drug-likeness (QED) is 0.456. The third-order valence-corrected chi connectivity index (χ3v) is 4.24. The molecule has 20 heavy (non-hydrogen) atoms. The summed E-state index contributed by atoms with van der Waals surface area (Å²) in [6.07, 6.45) is 6.86. The number of nitrogens with zero attached hydrogens (tertiary/aromatic N) is 1. The average molecular weight is 273 g/mol. The Morgan fingerprint density at radius 2 is 1.85 bits per heavy atom. The highest BCUT2D eigenvalue weighted by molar-refractivity contribution is 5.76. The van der Waals surface area contributed by atoms with Crippen LogP contribution in [-0.4, -0.2) is 30.4 Å². The van der Waals surface area contributed by atoms with Crippen LogP contribution in [0.15, 0.2) is 30.3 Å². The number of amidine groups is 1. The lowest BCUT2D eigenvalue weighted by Gasteiger charge is -2.32. The fourth-order valence-corrected chi connectivity index (χ4v) is 3.01. The molecule has 0 aromatic heterocycles. The van der Waals surface area contributed by atoms with Gasteiger partial charge in [0.25, 0.3) is 0 Å². The third kappa shape index (κ3) is 5.33. The molecular weight excluding hydrogens is 246 g/mol. The first kappa shape index (κ1) is 15.0. The van der Waals surface area contributed by atoms with Crippen LogP contribution in [0, 0.1) is 11.3 Å². The highest BCUT2D eigenvalue weighted by atomic mass is 15.1. The van der Waals surface area contributed by atoms with Crippen LogP contribution in [0.2, 0.25) is 0 Å². The van der Waals surface area contributed by atoms with Gasteiger partial charge in [-0.05, 0) is 63.2 Å². The highest BCUT2D eigenvalue weighted by Crippen LogP contribution is 2.21. The molecule has 1 aromatic carbocycles. The molecule has 1 saturated heterocycles. The van der Waals surface area contributed by atoms with E-state index in [2.05, 4.69) is 35.2 Å². The zero-order valence-corrected chi connectivity index (χ0v) is 12.4. The molecule has 1 aliphatic rings. The Bertz CT molecular complexity index is 394. The maximum atomic E-state index is 7.21. The fourth-order valence-electron chi connectivity index (χ4n) is 3.01. The predicted molar refractivity (Wildman–Crippen MR) is 85.1 cm³/mol. The number of piperidine rings is 1. The molecule has 110 valence electrons. The van der Waals surface area contributed by atoms with Gasteiger partial charge in [0.05, 0.1) is 5.84 Å². The van der Waals surface area contributed by atoms with E-state index in [9.17, 15) is 0 Å². The van der Waals surface area contributed by atoms with E-state index in [1.54, 1.807) is 0 Å². The summed E-state index contributed by atoms with van der Waals surface area (Å²) in [7, 11) is 0. The van der Waals surface area contributed by atoms with Crippen LogP contribution >= 0.6 is 0 Å². The third-order valence-electron chi connectivity index (χ3n) is 4.24. The van der Waals surface area contributed by atoms with Crippen molar-refractivity contribution in [1.82, 2.24) is 4.90 Å². The second-order valence-electron chi connectivity index (χ2n) is 5.96. The molecule has 1 fully saturated rings. The Hall–Kier alpha value is -1.35. The topological polar surface area (TPSA) is 53.1 Å². The zero-order chi connectivity index (χ0) is 14.2. The van der Waals surface area contributed by atoms with Gasteiger partial charge in [-0.2, -0.15) is 0 Å². The summed E-state index contributed by atoms with van der Waals surface area (Å²) in [5.74, 6) is 1.18. The van der Waals surface area contributed by atoms with E-state index in [0.717, 1.165) is 18.8 Å². The van der Waals surface area contributed by atoms with Crippen molar-refractivity contribution in [3.8, 4) is 0 Å². The van der Waals surface area contributed by atoms with Crippen LogP contribution in [0.4, 0.5) is 0 Å². The molecule has 0 bridgehead atoms. The Morgan fingerprint density at radius 1 is 1.15 bits per heavy atom. The average Bonchev–Trinajstić information content (AvgIpc) is 2.46. The summed E-state index contributed by atoms with van der Waals surface area (Å²) in [5.41, 5.74) is 6.85. The summed E-state index contributed by atoms with van der Waals surface area (Å²) < 4.78 is 0. The van der Waals surface area contributed by atoms with Crippen molar-refractivity contribution in [3.05, 3.63) is 35.9 Å². The van der Waals surface area contributed by atoms with Crippen molar-refractivity contribution in [1.29, 1.82) is 5.41 Å². The van der Waals surface area contributed by atoms with Crippen LogP contribution in [-0.2, 0) is 6.42 Å². The van der Waals surface area contributed by atoms with Crippen LogP contribution in [0.3, 0.4) is 0 Å². The number of hydrogen-bond donors (Lipinski definition) is 2. The predicted octanol–water partition coefficient (Wildman–Crippen LogP) is 3.05. The van der Waals surface area contributed by atoms with E-state index >= 15 is 0 Å². The molecule has 1 aliphatic heterocycles. The summed E-state index contributed by atoms with van der Waals surface area (Å²) in [6.45, 7) is 3.64. The maximum absolute atomic E-state index is 7.21. The largest absolute Gasteiger partial charge is 0.388 e. The van der Waals surface area contributed by atoms with Gasteiger partial charge in [-0.3, -0.25) is 5.41 Å². The second kappa shape index (κ2) is 8.05. The minimum absolute atomic E-state index is 0.326. The number of rotatable bonds is 7. The molecule has 0 amide bonds. The van der Waals surface area contributed by atoms with Gasteiger partial charge in [0.2, 0.25) is 0 Å². The van der Waals surface area contributed by atoms with E-state index in [1.807, 2.05) is 0 Å². The van der Waals surface area contributed by atoms with E-state index in [4.69, 9.17) is 11.1 Å². The molecule has 3 heteroatoms. The molecule has 1 heterocycles. The van der Waals surface area contributed by atoms with Crippen molar-refractivity contribution in [2.24, 2.45) is 11.7 Å². The van der Waals surface area contributed by atoms with Crippen molar-refractivity contribution < 1.29 is 0 Å². The molecule has 0 spiro atoms. The lowest BCUT2D eigenvalue weighted by molar-refractivity contribution is 0.181. The molecule has 0 radical (unpaired) electrons. The first-order valence-electron chi connectivity index (χ1n) is 7.83. The maximum Gasteiger partial charge on any atom is 0.0905 e. The smallest absolute Gasteiger partial charge is 0.0905 e. The number of likely N-dealkylation sites (tertiary alicyclic amines) is 1. The van der Waals surface area contributed by atoms with Gasteiger partial charge in [0, 0.05) is 6.42 Å². The van der Waals surface area contributed by atoms with E-state index < -0.39 is 0 Å². The summed E-state index contributed by atoms with van der Waals surface area (Å²) >= 11 is 0. The number of benzene rings is 1. The number of unbranched alkanes of at least 4 members (excludes halogenated alkanes) is 1. The molecule has 0 saturated carbocycles. The van der Waals surface area contributed by atoms with Gasteiger partial charge in [-0.25, -0.2) is 0 Å². The lowest BCUT2D eigenvalue weighted by Crippen LogP contribution is -2.35. The van der Waals surface area contributed by atoms with E-state index in [0.29, 0.717) is 5.84 Å². The highest BCUT2D eigenvalue weighted by Gasteiger charge is 2.18. The first-order chi connectivity index (χ1) is 9.74. The molecule has 2 rings (SSSR count).